The summed E-state index contributed by atoms with van der Waals surface area (Å²) in [4.78, 5) is 28.6. The average molecular weight is 412 g/mol. The van der Waals surface area contributed by atoms with Crippen molar-refractivity contribution in [3.05, 3.63) is 70.7 Å². The van der Waals surface area contributed by atoms with E-state index in [4.69, 9.17) is 17.3 Å². The van der Waals surface area contributed by atoms with Gasteiger partial charge in [0.25, 0.3) is 5.91 Å². The molecule has 2 amide bonds. The highest BCUT2D eigenvalue weighted by Crippen LogP contribution is 2.46. The van der Waals surface area contributed by atoms with E-state index in [0.717, 1.165) is 25.9 Å². The number of primary amides is 1. The minimum Gasteiger partial charge on any atom is -0.369 e. The molecule has 0 spiro atoms. The Bertz CT molecular complexity index is 887. The number of nitrogens with zero attached hydrogens (tertiary/aromatic N) is 2. The van der Waals surface area contributed by atoms with Crippen LogP contribution in [0.4, 0.5) is 0 Å². The van der Waals surface area contributed by atoms with Crippen LogP contribution in [0.25, 0.3) is 0 Å². The zero-order valence-electron chi connectivity index (χ0n) is 16.4. The molecule has 0 unspecified atom stereocenters. The number of likely N-dealkylation sites (tertiary alicyclic amines) is 2. The number of halogens is 1. The van der Waals surface area contributed by atoms with Crippen LogP contribution < -0.4 is 5.73 Å². The number of fused-ring (bicyclic) bond motifs is 1. The van der Waals surface area contributed by atoms with Crippen molar-refractivity contribution in [1.82, 2.24) is 9.80 Å². The molecule has 5 nitrogen and oxygen atoms in total. The zero-order chi connectivity index (χ0) is 20.4. The molecule has 4 rings (SSSR count). The fourth-order valence-corrected chi connectivity index (χ4v) is 5.08. The number of amides is 2. The van der Waals surface area contributed by atoms with Gasteiger partial charge in [-0.25, -0.2) is 0 Å². The molecule has 2 saturated heterocycles. The maximum absolute atomic E-state index is 13.1. The van der Waals surface area contributed by atoms with Gasteiger partial charge in [0.2, 0.25) is 5.91 Å². The number of aryl methyl sites for hydroxylation is 1. The van der Waals surface area contributed by atoms with Gasteiger partial charge in [-0.1, -0.05) is 41.9 Å². The van der Waals surface area contributed by atoms with Crippen LogP contribution in [0.2, 0.25) is 5.02 Å². The van der Waals surface area contributed by atoms with E-state index in [1.807, 2.05) is 11.0 Å². The normalized spacial score (nSPS) is 23.9. The summed E-state index contributed by atoms with van der Waals surface area (Å²) in [6, 6.07) is 17.5. The zero-order valence-corrected chi connectivity index (χ0v) is 17.1. The van der Waals surface area contributed by atoms with Crippen LogP contribution in [0.5, 0.6) is 0 Å². The summed E-state index contributed by atoms with van der Waals surface area (Å²) < 4.78 is 0. The van der Waals surface area contributed by atoms with Crippen molar-refractivity contribution in [3.8, 4) is 0 Å². The van der Waals surface area contributed by atoms with Gasteiger partial charge in [-0.3, -0.25) is 14.5 Å². The van der Waals surface area contributed by atoms with Gasteiger partial charge in [0, 0.05) is 42.2 Å². The third-order valence-corrected chi connectivity index (χ3v) is 6.59. The molecule has 2 aliphatic heterocycles. The molecular formula is C23H26ClN3O2. The van der Waals surface area contributed by atoms with Crippen LogP contribution in [0.1, 0.15) is 22.3 Å². The quantitative estimate of drug-likeness (QED) is 0.794. The van der Waals surface area contributed by atoms with Crippen molar-refractivity contribution < 1.29 is 9.59 Å². The van der Waals surface area contributed by atoms with E-state index < -0.39 is 0 Å². The molecule has 6 heteroatoms. The fourth-order valence-electron chi connectivity index (χ4n) is 4.96. The van der Waals surface area contributed by atoms with Crippen LogP contribution in [0.3, 0.4) is 0 Å². The molecule has 0 aliphatic carbocycles. The Morgan fingerprint density at radius 1 is 1.03 bits per heavy atom. The maximum Gasteiger partial charge on any atom is 0.253 e. The predicted molar refractivity (Wildman–Crippen MR) is 114 cm³/mol. The van der Waals surface area contributed by atoms with Gasteiger partial charge in [0.1, 0.15) is 0 Å². The first-order chi connectivity index (χ1) is 13.9. The molecule has 29 heavy (non-hydrogen) atoms. The SMILES string of the molecule is NC(=O)CN1C[C@H]2CN(C(=O)c3ccc(Cl)cc3)C[C@@]2(CCc2ccccc2)C1. The van der Waals surface area contributed by atoms with Gasteiger partial charge in [-0.05, 0) is 48.6 Å². The Balaban J connectivity index is 1.51. The highest BCUT2D eigenvalue weighted by atomic mass is 35.5. The highest BCUT2D eigenvalue weighted by molar-refractivity contribution is 6.30. The largest absolute Gasteiger partial charge is 0.369 e. The number of nitrogens with two attached hydrogens (primary N) is 1. The minimum absolute atomic E-state index is 0.00657. The van der Waals surface area contributed by atoms with Gasteiger partial charge in [-0.15, -0.1) is 0 Å². The molecule has 152 valence electrons. The Hall–Kier alpha value is -2.37. The Kier molecular flexibility index (Phi) is 5.61. The maximum atomic E-state index is 13.1. The fraction of sp³-hybridized carbons (Fsp3) is 0.391. The average Bonchev–Trinajstić information content (AvgIpc) is 3.20. The summed E-state index contributed by atoms with van der Waals surface area (Å²) in [6.07, 6.45) is 1.95. The van der Waals surface area contributed by atoms with Gasteiger partial charge in [0.05, 0.1) is 6.54 Å². The summed E-state index contributed by atoms with van der Waals surface area (Å²) in [5.74, 6) is 0.107. The Morgan fingerprint density at radius 3 is 2.45 bits per heavy atom. The third kappa shape index (κ3) is 4.31. The second-order valence-electron chi connectivity index (χ2n) is 8.37. The molecule has 2 N–H and O–H groups in total. The molecule has 2 aromatic carbocycles. The van der Waals surface area contributed by atoms with Gasteiger partial charge in [-0.2, -0.15) is 0 Å². The van der Waals surface area contributed by atoms with E-state index in [1.165, 1.54) is 5.56 Å². The molecule has 2 heterocycles. The lowest BCUT2D eigenvalue weighted by Crippen LogP contribution is -2.39. The molecular weight excluding hydrogens is 386 g/mol. The van der Waals surface area contributed by atoms with Gasteiger partial charge >= 0.3 is 0 Å². The van der Waals surface area contributed by atoms with Gasteiger partial charge < -0.3 is 10.6 Å². The lowest BCUT2D eigenvalue weighted by molar-refractivity contribution is -0.119. The van der Waals surface area contributed by atoms with Crippen molar-refractivity contribution in [2.24, 2.45) is 17.1 Å². The van der Waals surface area contributed by atoms with Crippen LogP contribution in [-0.2, 0) is 11.2 Å². The number of carbonyl (C=O) groups excluding carboxylic acids is 2. The van der Waals surface area contributed by atoms with Crippen molar-refractivity contribution in [1.29, 1.82) is 0 Å². The molecule has 0 aromatic heterocycles. The summed E-state index contributed by atoms with van der Waals surface area (Å²) in [7, 11) is 0. The van der Waals surface area contributed by atoms with Crippen LogP contribution in [0.15, 0.2) is 54.6 Å². The van der Waals surface area contributed by atoms with Crippen molar-refractivity contribution in [2.45, 2.75) is 12.8 Å². The van der Waals surface area contributed by atoms with Crippen LogP contribution >= 0.6 is 11.6 Å². The lowest BCUT2D eigenvalue weighted by atomic mass is 9.76. The minimum atomic E-state index is -0.294. The predicted octanol–water partition coefficient (Wildman–Crippen LogP) is 2.83. The molecule has 2 fully saturated rings. The summed E-state index contributed by atoms with van der Waals surface area (Å²) in [5, 5.41) is 0.626. The third-order valence-electron chi connectivity index (χ3n) is 6.34. The van der Waals surface area contributed by atoms with Crippen molar-refractivity contribution in [3.63, 3.8) is 0 Å². The topological polar surface area (TPSA) is 66.6 Å². The number of hydrogen-bond donors (Lipinski definition) is 1. The molecule has 0 radical (unpaired) electrons. The number of hydrogen-bond acceptors (Lipinski definition) is 3. The first kappa shape index (κ1) is 19.9. The Labute approximate surface area is 176 Å². The molecule has 2 aromatic rings. The van der Waals surface area contributed by atoms with E-state index >= 15 is 0 Å². The van der Waals surface area contributed by atoms with Crippen LogP contribution in [-0.4, -0.2) is 54.3 Å². The number of rotatable bonds is 6. The monoisotopic (exact) mass is 411 g/mol. The van der Waals surface area contributed by atoms with Crippen molar-refractivity contribution >= 4 is 23.4 Å². The van der Waals surface area contributed by atoms with Crippen molar-refractivity contribution in [2.75, 3.05) is 32.7 Å². The molecule has 2 atom stereocenters. The Morgan fingerprint density at radius 2 is 1.76 bits per heavy atom. The first-order valence-electron chi connectivity index (χ1n) is 10.0. The van der Waals surface area contributed by atoms with E-state index in [-0.39, 0.29) is 23.8 Å². The van der Waals surface area contributed by atoms with E-state index in [1.54, 1.807) is 24.3 Å². The van der Waals surface area contributed by atoms with Gasteiger partial charge in [0.15, 0.2) is 0 Å². The molecule has 0 saturated carbocycles. The number of benzene rings is 2. The summed E-state index contributed by atoms with van der Waals surface area (Å²) in [5.41, 5.74) is 7.40. The summed E-state index contributed by atoms with van der Waals surface area (Å²) in [6.45, 7) is 3.32. The second kappa shape index (κ2) is 8.17. The standard InChI is InChI=1S/C23H26ClN3O2/c24-20-8-6-18(7-9-20)22(29)27-13-19-12-26(14-21(25)28)15-23(19,16-27)11-10-17-4-2-1-3-5-17/h1-9,19H,10-16H2,(H2,25,28)/t19-,23+/m0/s1. The number of carbonyl (C=O) groups is 2. The molecule has 0 bridgehead atoms. The highest BCUT2D eigenvalue weighted by Gasteiger charge is 2.53. The lowest BCUT2D eigenvalue weighted by Gasteiger charge is -2.29. The first-order valence-corrected chi connectivity index (χ1v) is 10.4. The van der Waals surface area contributed by atoms with E-state index in [0.29, 0.717) is 29.6 Å². The second-order valence-corrected chi connectivity index (χ2v) is 8.81. The summed E-state index contributed by atoms with van der Waals surface area (Å²) >= 11 is 5.96. The van der Waals surface area contributed by atoms with Crippen LogP contribution in [0, 0.1) is 11.3 Å². The molecule has 2 aliphatic rings. The smallest absolute Gasteiger partial charge is 0.253 e. The van der Waals surface area contributed by atoms with E-state index in [2.05, 4.69) is 29.2 Å². The van der Waals surface area contributed by atoms with E-state index in [9.17, 15) is 9.59 Å².